The Morgan fingerprint density at radius 3 is 2.65 bits per heavy atom. The van der Waals surface area contributed by atoms with E-state index in [1.807, 2.05) is 42.9 Å². The average molecular weight is 534 g/mol. The van der Waals surface area contributed by atoms with Gasteiger partial charge in [0.25, 0.3) is 0 Å². The zero-order valence-corrected chi connectivity index (χ0v) is 21.8. The zero-order valence-electron chi connectivity index (χ0n) is 21.8. The molecule has 0 spiro atoms. The number of piperazine rings is 1. The van der Waals surface area contributed by atoms with E-state index in [2.05, 4.69) is 47.5 Å². The van der Waals surface area contributed by atoms with Crippen molar-refractivity contribution < 1.29 is 4.39 Å². The Morgan fingerprint density at radius 2 is 1.77 bits per heavy atom. The molecule has 6 aromatic rings. The fraction of sp³-hybridized carbons (Fsp3) is 0.200. The standard InChI is InChI=1S/C30H28FN9/c31-23-10-18(13-32)8-20(11-23)24-2-1-3-26-27(24)37-30(36-26)28-25-12-22(16-35-29(25)39-38-28)21-9-19(14-34-15-21)17-40-6-4-33-5-7-40/h1-3,8-12,14-16,33H,4-7,13,17,32H2,(H,36,37)(H,35,38,39). The molecule has 0 bridgehead atoms. The number of H-pyrrole nitrogens is 2. The van der Waals surface area contributed by atoms with Crippen molar-refractivity contribution in [3.05, 3.63) is 84.1 Å². The lowest BCUT2D eigenvalue weighted by atomic mass is 10.0. The predicted molar refractivity (Wildman–Crippen MR) is 154 cm³/mol. The number of nitrogens with one attached hydrogen (secondary N) is 3. The van der Waals surface area contributed by atoms with Gasteiger partial charge in [-0.05, 0) is 53.1 Å². The molecule has 40 heavy (non-hydrogen) atoms. The van der Waals surface area contributed by atoms with Gasteiger partial charge >= 0.3 is 0 Å². The van der Waals surface area contributed by atoms with Gasteiger partial charge in [0.05, 0.1) is 16.4 Å². The highest BCUT2D eigenvalue weighted by Gasteiger charge is 2.17. The van der Waals surface area contributed by atoms with Crippen molar-refractivity contribution in [1.82, 2.24) is 40.3 Å². The van der Waals surface area contributed by atoms with Gasteiger partial charge in [-0.15, -0.1) is 0 Å². The second-order valence-electron chi connectivity index (χ2n) is 10.1. The summed E-state index contributed by atoms with van der Waals surface area (Å²) in [5.74, 6) is 0.306. The van der Waals surface area contributed by atoms with E-state index in [1.165, 1.54) is 17.7 Å². The van der Waals surface area contributed by atoms with Crippen LogP contribution in [0.2, 0.25) is 0 Å². The fourth-order valence-corrected chi connectivity index (χ4v) is 5.40. The van der Waals surface area contributed by atoms with Crippen LogP contribution in [-0.4, -0.2) is 61.2 Å². The lowest BCUT2D eigenvalue weighted by Crippen LogP contribution is -2.42. The summed E-state index contributed by atoms with van der Waals surface area (Å²) >= 11 is 0. The molecule has 1 fully saturated rings. The molecule has 1 aliphatic heterocycles. The maximum atomic E-state index is 14.3. The van der Waals surface area contributed by atoms with E-state index in [9.17, 15) is 4.39 Å². The zero-order chi connectivity index (χ0) is 27.1. The van der Waals surface area contributed by atoms with Crippen molar-refractivity contribution in [3.8, 4) is 33.8 Å². The number of nitrogens with two attached hydrogens (primary N) is 1. The molecule has 0 amide bonds. The first-order valence-electron chi connectivity index (χ1n) is 13.3. The Balaban J connectivity index is 1.26. The van der Waals surface area contributed by atoms with Crippen LogP contribution in [0.1, 0.15) is 11.1 Å². The van der Waals surface area contributed by atoms with Gasteiger partial charge in [0.1, 0.15) is 11.5 Å². The molecule has 0 saturated carbocycles. The van der Waals surface area contributed by atoms with Crippen molar-refractivity contribution in [2.24, 2.45) is 5.73 Å². The third kappa shape index (κ3) is 4.62. The summed E-state index contributed by atoms with van der Waals surface area (Å²) < 4.78 is 14.3. The highest BCUT2D eigenvalue weighted by atomic mass is 19.1. The van der Waals surface area contributed by atoms with Gasteiger partial charge in [0.15, 0.2) is 11.5 Å². The number of nitrogens with zero attached hydrogens (tertiary/aromatic N) is 5. The number of imidazole rings is 1. The summed E-state index contributed by atoms with van der Waals surface area (Å²) in [7, 11) is 0. The van der Waals surface area contributed by atoms with Crippen molar-refractivity contribution in [1.29, 1.82) is 0 Å². The number of halogens is 1. The largest absolute Gasteiger partial charge is 0.337 e. The smallest absolute Gasteiger partial charge is 0.181 e. The molecule has 9 nitrogen and oxygen atoms in total. The van der Waals surface area contributed by atoms with Gasteiger partial charge in [-0.3, -0.25) is 15.0 Å². The van der Waals surface area contributed by atoms with E-state index in [-0.39, 0.29) is 12.4 Å². The van der Waals surface area contributed by atoms with Crippen molar-refractivity contribution in [2.45, 2.75) is 13.1 Å². The molecule has 0 unspecified atom stereocenters. The minimum atomic E-state index is -0.324. The molecule has 0 atom stereocenters. The number of para-hydroxylation sites is 1. The third-order valence-electron chi connectivity index (χ3n) is 7.41. The number of fused-ring (bicyclic) bond motifs is 2. The van der Waals surface area contributed by atoms with Crippen molar-refractivity contribution >= 4 is 22.1 Å². The number of hydrogen-bond donors (Lipinski definition) is 4. The minimum Gasteiger partial charge on any atom is -0.337 e. The Hall–Kier alpha value is -4.51. The lowest BCUT2D eigenvalue weighted by Gasteiger charge is -2.27. The molecule has 5 N–H and O–H groups in total. The van der Waals surface area contributed by atoms with Crippen LogP contribution < -0.4 is 11.1 Å². The number of pyridine rings is 2. The molecule has 0 aliphatic carbocycles. The molecular weight excluding hydrogens is 505 g/mol. The molecule has 7 rings (SSSR count). The Morgan fingerprint density at radius 1 is 0.925 bits per heavy atom. The van der Waals surface area contributed by atoms with Crippen molar-refractivity contribution in [3.63, 3.8) is 0 Å². The Bertz CT molecular complexity index is 1830. The van der Waals surface area contributed by atoms with Crippen LogP contribution >= 0.6 is 0 Å². The first kappa shape index (κ1) is 24.5. The van der Waals surface area contributed by atoms with Gasteiger partial charge in [0.2, 0.25) is 0 Å². The van der Waals surface area contributed by atoms with Crippen LogP contribution in [0.25, 0.3) is 55.8 Å². The van der Waals surface area contributed by atoms with E-state index in [4.69, 9.17) is 10.7 Å². The minimum absolute atomic E-state index is 0.260. The molecule has 1 aliphatic rings. The van der Waals surface area contributed by atoms with Gasteiger partial charge in [0, 0.05) is 74.5 Å². The summed E-state index contributed by atoms with van der Waals surface area (Å²) in [4.78, 5) is 19.9. The van der Waals surface area contributed by atoms with Gasteiger partial charge in [-0.2, -0.15) is 5.10 Å². The monoisotopic (exact) mass is 533 g/mol. The van der Waals surface area contributed by atoms with Crippen LogP contribution in [-0.2, 0) is 13.1 Å². The summed E-state index contributed by atoms with van der Waals surface area (Å²) in [5.41, 5.74) is 14.1. The number of benzene rings is 2. The van der Waals surface area contributed by atoms with Crippen LogP contribution in [0, 0.1) is 5.82 Å². The Labute approximate surface area is 229 Å². The quantitative estimate of drug-likeness (QED) is 0.253. The molecule has 10 heteroatoms. The maximum Gasteiger partial charge on any atom is 0.181 e. The molecule has 0 radical (unpaired) electrons. The fourth-order valence-electron chi connectivity index (χ4n) is 5.40. The first-order valence-corrected chi connectivity index (χ1v) is 13.3. The second kappa shape index (κ2) is 10.2. The number of aromatic amines is 2. The Kier molecular flexibility index (Phi) is 6.27. The topological polar surface area (TPSA) is 124 Å². The number of aromatic nitrogens is 6. The van der Waals surface area contributed by atoms with E-state index < -0.39 is 0 Å². The lowest BCUT2D eigenvalue weighted by molar-refractivity contribution is 0.233. The van der Waals surface area contributed by atoms with Crippen LogP contribution in [0.4, 0.5) is 4.39 Å². The van der Waals surface area contributed by atoms with Crippen molar-refractivity contribution in [2.75, 3.05) is 26.2 Å². The summed E-state index contributed by atoms with van der Waals surface area (Å²) in [6, 6.07) is 14.9. The van der Waals surface area contributed by atoms with E-state index in [0.29, 0.717) is 11.5 Å². The van der Waals surface area contributed by atoms with Crippen LogP contribution in [0.3, 0.4) is 0 Å². The molecule has 2 aromatic carbocycles. The SMILES string of the molecule is NCc1cc(F)cc(-c2cccc3[nH]c(-c4[nH]nc5ncc(-c6cncc(CN7CCNCC7)c6)cc45)nc23)c1. The van der Waals surface area contributed by atoms with Gasteiger partial charge in [-0.1, -0.05) is 12.1 Å². The van der Waals surface area contributed by atoms with Gasteiger partial charge < -0.3 is 16.0 Å². The van der Waals surface area contributed by atoms with E-state index >= 15 is 0 Å². The summed E-state index contributed by atoms with van der Waals surface area (Å²) in [5, 5.41) is 11.8. The van der Waals surface area contributed by atoms with E-state index in [1.54, 1.807) is 0 Å². The third-order valence-corrected chi connectivity index (χ3v) is 7.41. The van der Waals surface area contributed by atoms with Crippen LogP contribution in [0.5, 0.6) is 0 Å². The molecule has 5 heterocycles. The average Bonchev–Trinajstić information content (AvgIpc) is 3.61. The van der Waals surface area contributed by atoms with Crippen LogP contribution in [0.15, 0.2) is 67.1 Å². The number of hydrogen-bond acceptors (Lipinski definition) is 7. The first-order chi connectivity index (χ1) is 19.6. The maximum absolute atomic E-state index is 14.3. The predicted octanol–water partition coefficient (Wildman–Crippen LogP) is 4.23. The van der Waals surface area contributed by atoms with E-state index in [0.717, 1.165) is 82.7 Å². The normalized spacial score (nSPS) is 14.3. The highest BCUT2D eigenvalue weighted by Crippen LogP contribution is 2.33. The molecule has 4 aromatic heterocycles. The molecule has 200 valence electrons. The molecular formula is C30H28FN9. The molecule has 1 saturated heterocycles. The summed E-state index contributed by atoms with van der Waals surface area (Å²) in [6.07, 6.45) is 5.63. The number of rotatable bonds is 6. The highest BCUT2D eigenvalue weighted by molar-refractivity contribution is 5.97. The summed E-state index contributed by atoms with van der Waals surface area (Å²) in [6.45, 7) is 5.21. The van der Waals surface area contributed by atoms with Gasteiger partial charge in [-0.25, -0.2) is 14.4 Å². The second-order valence-corrected chi connectivity index (χ2v) is 10.1.